The zero-order valence-corrected chi connectivity index (χ0v) is 19.2. The maximum Gasteiger partial charge on any atom is 0.153 e. The van der Waals surface area contributed by atoms with Gasteiger partial charge in [0.25, 0.3) is 0 Å². The molecule has 2 nitrogen and oxygen atoms in total. The monoisotopic (exact) mass is 460 g/mol. The van der Waals surface area contributed by atoms with Crippen molar-refractivity contribution >= 4 is 46.4 Å². The molecule has 152 valence electrons. The molecule has 6 heteroatoms. The first-order valence-electron chi connectivity index (χ1n) is 9.39. The summed E-state index contributed by atoms with van der Waals surface area (Å²) in [6.07, 6.45) is 5.02. The molecule has 0 heterocycles. The van der Waals surface area contributed by atoms with Crippen LogP contribution >= 0.6 is 46.4 Å². The average Bonchev–Trinajstić information content (AvgIpc) is 2.67. The molecule has 2 aromatic carbocycles. The summed E-state index contributed by atoms with van der Waals surface area (Å²) in [5, 5.41) is 21.2. The van der Waals surface area contributed by atoms with Crippen LogP contribution in [-0.4, -0.2) is 10.2 Å². The average molecular weight is 462 g/mol. The number of benzene rings is 2. The normalized spacial score (nSPS) is 22.5. The van der Waals surface area contributed by atoms with Gasteiger partial charge >= 0.3 is 0 Å². The van der Waals surface area contributed by atoms with Crippen molar-refractivity contribution in [2.24, 2.45) is 5.92 Å². The summed E-state index contributed by atoms with van der Waals surface area (Å²) >= 11 is 24.8. The van der Waals surface area contributed by atoms with Gasteiger partial charge in [0.15, 0.2) is 11.5 Å². The first-order chi connectivity index (χ1) is 13.0. The van der Waals surface area contributed by atoms with Gasteiger partial charge in [-0.05, 0) is 91.7 Å². The minimum Gasteiger partial charge on any atom is -0.505 e. The maximum absolute atomic E-state index is 10.1. The molecule has 0 amide bonds. The molecule has 0 spiro atoms. The number of aromatic hydroxyl groups is 2. The third kappa shape index (κ3) is 3.94. The van der Waals surface area contributed by atoms with Crippen molar-refractivity contribution in [3.05, 3.63) is 54.5 Å². The van der Waals surface area contributed by atoms with Crippen LogP contribution in [0.2, 0.25) is 20.1 Å². The highest BCUT2D eigenvalue weighted by atomic mass is 35.5. The molecule has 28 heavy (non-hydrogen) atoms. The highest BCUT2D eigenvalue weighted by Gasteiger charge is 2.34. The topological polar surface area (TPSA) is 40.5 Å². The van der Waals surface area contributed by atoms with E-state index in [-0.39, 0.29) is 16.9 Å². The smallest absolute Gasteiger partial charge is 0.153 e. The van der Waals surface area contributed by atoms with E-state index in [1.807, 2.05) is 26.0 Å². The van der Waals surface area contributed by atoms with Gasteiger partial charge in [0.1, 0.15) is 0 Å². The Bertz CT molecular complexity index is 863. The second kappa shape index (κ2) is 8.14. The molecule has 0 aliphatic heterocycles. The van der Waals surface area contributed by atoms with Gasteiger partial charge in [-0.3, -0.25) is 0 Å². The summed E-state index contributed by atoms with van der Waals surface area (Å²) in [5.41, 5.74) is 4.00. The van der Waals surface area contributed by atoms with Gasteiger partial charge in [0, 0.05) is 0 Å². The van der Waals surface area contributed by atoms with Crippen LogP contribution in [0, 0.1) is 19.8 Å². The van der Waals surface area contributed by atoms with E-state index in [0.717, 1.165) is 54.4 Å². The number of hydrogen-bond donors (Lipinski definition) is 2. The summed E-state index contributed by atoms with van der Waals surface area (Å²) < 4.78 is 0. The molecule has 0 saturated heterocycles. The molecule has 0 aromatic heterocycles. The number of halogens is 4. The Kier molecular flexibility index (Phi) is 6.37. The molecule has 1 aliphatic carbocycles. The van der Waals surface area contributed by atoms with Crippen molar-refractivity contribution in [3.8, 4) is 11.5 Å². The molecule has 2 N–H and O–H groups in total. The first-order valence-corrected chi connectivity index (χ1v) is 10.9. The van der Waals surface area contributed by atoms with Crippen LogP contribution in [0.25, 0.3) is 0 Å². The Morgan fingerprint density at radius 1 is 0.893 bits per heavy atom. The van der Waals surface area contributed by atoms with Gasteiger partial charge < -0.3 is 10.2 Å². The molecule has 2 aromatic rings. The van der Waals surface area contributed by atoms with Gasteiger partial charge in [-0.2, -0.15) is 0 Å². The Morgan fingerprint density at radius 3 is 1.82 bits per heavy atom. The number of rotatable bonds is 3. The van der Waals surface area contributed by atoms with Crippen molar-refractivity contribution in [1.29, 1.82) is 0 Å². The minimum atomic E-state index is -0.0589. The van der Waals surface area contributed by atoms with Crippen molar-refractivity contribution < 1.29 is 10.2 Å². The van der Waals surface area contributed by atoms with Crippen LogP contribution in [0.3, 0.4) is 0 Å². The summed E-state index contributed by atoms with van der Waals surface area (Å²) in [7, 11) is 0. The van der Waals surface area contributed by atoms with E-state index >= 15 is 0 Å². The van der Waals surface area contributed by atoms with Crippen LogP contribution in [0.1, 0.15) is 54.9 Å². The van der Waals surface area contributed by atoms with Crippen LogP contribution in [0.4, 0.5) is 0 Å². The van der Waals surface area contributed by atoms with Crippen LogP contribution < -0.4 is 0 Å². The van der Waals surface area contributed by atoms with E-state index in [2.05, 4.69) is 6.92 Å². The first kappa shape index (κ1) is 21.9. The fraction of sp³-hybridized carbons (Fsp3) is 0.455. The molecule has 0 atom stereocenters. The number of phenolic OH excluding ortho intramolecular Hbond substituents is 2. The lowest BCUT2D eigenvalue weighted by atomic mass is 9.67. The van der Waals surface area contributed by atoms with Gasteiger partial charge in [-0.15, -0.1) is 0 Å². The molecule has 0 radical (unpaired) electrons. The molecular weight excluding hydrogens is 438 g/mol. The highest BCUT2D eigenvalue weighted by Crippen LogP contribution is 2.47. The summed E-state index contributed by atoms with van der Waals surface area (Å²) in [6.45, 7) is 6.11. The SMILES string of the molecule is Cc1c(Cl)c(O)c(Cl)c(C)c1CC1CCC(C)(c2cc(Cl)c(O)c(Cl)c2)CC1. The second-order valence-electron chi connectivity index (χ2n) is 8.20. The predicted octanol–water partition coefficient (Wildman–Crippen LogP) is 8.02. The van der Waals surface area contributed by atoms with Crippen molar-refractivity contribution in [2.75, 3.05) is 0 Å². The van der Waals surface area contributed by atoms with E-state index in [4.69, 9.17) is 46.4 Å². The maximum atomic E-state index is 10.1. The van der Waals surface area contributed by atoms with Crippen molar-refractivity contribution in [1.82, 2.24) is 0 Å². The van der Waals surface area contributed by atoms with Crippen molar-refractivity contribution in [3.63, 3.8) is 0 Å². The standard InChI is InChI=1S/C22H24Cl4O2/c1-11-15(12(2)19(26)21(28)18(11)25)8-13-4-6-22(3,7-5-13)14-9-16(23)20(27)17(24)10-14/h9-10,13,27-28H,4-8H2,1-3H3. The Balaban J connectivity index is 1.78. The molecular formula is C22H24Cl4O2. The number of hydrogen-bond acceptors (Lipinski definition) is 2. The van der Waals surface area contributed by atoms with Crippen LogP contribution in [-0.2, 0) is 11.8 Å². The van der Waals surface area contributed by atoms with Gasteiger partial charge in [0.2, 0.25) is 0 Å². The fourth-order valence-corrected chi connectivity index (χ4v) is 5.27. The largest absolute Gasteiger partial charge is 0.505 e. The highest BCUT2D eigenvalue weighted by molar-refractivity contribution is 6.38. The summed E-state index contributed by atoms with van der Waals surface area (Å²) in [6, 6.07) is 3.66. The number of phenols is 2. The minimum absolute atomic E-state index is 0.0220. The Hall–Kier alpha value is -0.800. The lowest BCUT2D eigenvalue weighted by Crippen LogP contribution is -2.29. The van der Waals surface area contributed by atoms with Gasteiger partial charge in [-0.1, -0.05) is 53.3 Å². The summed E-state index contributed by atoms with van der Waals surface area (Å²) in [4.78, 5) is 0. The van der Waals surface area contributed by atoms with E-state index in [1.165, 1.54) is 0 Å². The Labute approximate surface area is 186 Å². The zero-order valence-electron chi connectivity index (χ0n) is 16.2. The van der Waals surface area contributed by atoms with Gasteiger partial charge in [0.05, 0.1) is 20.1 Å². The third-order valence-corrected chi connectivity index (χ3v) is 7.90. The quantitative estimate of drug-likeness (QED) is 0.485. The van der Waals surface area contributed by atoms with E-state index in [1.54, 1.807) is 0 Å². The summed E-state index contributed by atoms with van der Waals surface area (Å²) in [5.74, 6) is 0.431. The molecule has 1 aliphatic rings. The molecule has 0 unspecified atom stereocenters. The third-order valence-electron chi connectivity index (χ3n) is 6.39. The Morgan fingerprint density at radius 2 is 1.36 bits per heavy atom. The molecule has 3 rings (SSSR count). The zero-order chi connectivity index (χ0) is 20.8. The van der Waals surface area contributed by atoms with E-state index < -0.39 is 0 Å². The van der Waals surface area contributed by atoms with Crippen molar-refractivity contribution in [2.45, 2.75) is 58.3 Å². The van der Waals surface area contributed by atoms with Crippen LogP contribution in [0.15, 0.2) is 12.1 Å². The lowest BCUT2D eigenvalue weighted by Gasteiger charge is -2.38. The van der Waals surface area contributed by atoms with Gasteiger partial charge in [-0.25, -0.2) is 0 Å². The molecule has 0 bridgehead atoms. The van der Waals surface area contributed by atoms with E-state index in [0.29, 0.717) is 26.0 Å². The molecule has 1 saturated carbocycles. The molecule has 1 fully saturated rings. The predicted molar refractivity (Wildman–Crippen MR) is 119 cm³/mol. The van der Waals surface area contributed by atoms with E-state index in [9.17, 15) is 10.2 Å². The lowest BCUT2D eigenvalue weighted by molar-refractivity contribution is 0.246. The second-order valence-corrected chi connectivity index (χ2v) is 9.77. The fourth-order valence-electron chi connectivity index (χ4n) is 4.31. The van der Waals surface area contributed by atoms with Crippen LogP contribution in [0.5, 0.6) is 11.5 Å².